The highest BCUT2D eigenvalue weighted by molar-refractivity contribution is 5.37. The molecule has 1 saturated carbocycles. The standard InChI is InChI=1S/C15H21NO/c1-10-8-13(10)14(16)9-11-6-7-17-15-5-3-2-4-12(11)15/h2-5,10-11,13-14H,6-9,16H2,1H3. The Labute approximate surface area is 103 Å². The smallest absolute Gasteiger partial charge is 0.122 e. The summed E-state index contributed by atoms with van der Waals surface area (Å²) in [5, 5.41) is 0. The van der Waals surface area contributed by atoms with E-state index in [1.165, 1.54) is 12.0 Å². The molecule has 1 aromatic rings. The van der Waals surface area contributed by atoms with Gasteiger partial charge >= 0.3 is 0 Å². The highest BCUT2D eigenvalue weighted by atomic mass is 16.5. The molecular weight excluding hydrogens is 210 g/mol. The average Bonchev–Trinajstić information content (AvgIpc) is 3.07. The number of ether oxygens (including phenoxy) is 1. The highest BCUT2D eigenvalue weighted by Crippen LogP contribution is 2.44. The van der Waals surface area contributed by atoms with E-state index in [4.69, 9.17) is 10.5 Å². The third-order valence-corrected chi connectivity index (χ3v) is 4.36. The second kappa shape index (κ2) is 4.34. The summed E-state index contributed by atoms with van der Waals surface area (Å²) >= 11 is 0. The van der Waals surface area contributed by atoms with Crippen LogP contribution in [0.4, 0.5) is 0 Å². The first kappa shape index (κ1) is 11.1. The first-order valence-electron chi connectivity index (χ1n) is 6.73. The molecule has 1 fully saturated rings. The zero-order chi connectivity index (χ0) is 11.8. The minimum Gasteiger partial charge on any atom is -0.493 e. The fourth-order valence-electron chi connectivity index (χ4n) is 3.11. The Bertz CT molecular complexity index is 404. The summed E-state index contributed by atoms with van der Waals surface area (Å²) in [5.41, 5.74) is 7.68. The van der Waals surface area contributed by atoms with Gasteiger partial charge in [0.2, 0.25) is 0 Å². The van der Waals surface area contributed by atoms with Crippen LogP contribution in [0, 0.1) is 11.8 Å². The Balaban J connectivity index is 1.72. The fourth-order valence-corrected chi connectivity index (χ4v) is 3.11. The van der Waals surface area contributed by atoms with Crippen LogP contribution in [0.2, 0.25) is 0 Å². The van der Waals surface area contributed by atoms with Crippen molar-refractivity contribution in [2.75, 3.05) is 6.61 Å². The molecule has 4 atom stereocenters. The SMILES string of the molecule is CC1CC1C(N)CC1CCOc2ccccc21. The Kier molecular flexibility index (Phi) is 2.83. The lowest BCUT2D eigenvalue weighted by Crippen LogP contribution is -2.28. The van der Waals surface area contributed by atoms with Gasteiger partial charge in [-0.05, 0) is 48.6 Å². The monoisotopic (exact) mass is 231 g/mol. The van der Waals surface area contributed by atoms with Crippen LogP contribution in [0.1, 0.15) is 37.7 Å². The average molecular weight is 231 g/mol. The molecular formula is C15H21NO. The third kappa shape index (κ3) is 2.19. The molecule has 0 aromatic heterocycles. The van der Waals surface area contributed by atoms with Gasteiger partial charge in [-0.15, -0.1) is 0 Å². The van der Waals surface area contributed by atoms with E-state index in [0.29, 0.717) is 12.0 Å². The van der Waals surface area contributed by atoms with Crippen LogP contribution in [0.15, 0.2) is 24.3 Å². The van der Waals surface area contributed by atoms with E-state index in [0.717, 1.165) is 37.0 Å². The number of hydrogen-bond donors (Lipinski definition) is 1. The molecule has 1 heterocycles. The van der Waals surface area contributed by atoms with Gasteiger partial charge in [0, 0.05) is 6.04 Å². The van der Waals surface area contributed by atoms with Gasteiger partial charge in [0.25, 0.3) is 0 Å². The van der Waals surface area contributed by atoms with Gasteiger partial charge in [-0.25, -0.2) is 0 Å². The summed E-state index contributed by atoms with van der Waals surface area (Å²) in [4.78, 5) is 0. The molecule has 4 unspecified atom stereocenters. The first-order valence-corrected chi connectivity index (χ1v) is 6.73. The van der Waals surface area contributed by atoms with E-state index in [1.54, 1.807) is 0 Å². The largest absolute Gasteiger partial charge is 0.493 e. The topological polar surface area (TPSA) is 35.2 Å². The van der Waals surface area contributed by atoms with Crippen LogP contribution in [-0.2, 0) is 0 Å². The van der Waals surface area contributed by atoms with Gasteiger partial charge in [0.1, 0.15) is 5.75 Å². The molecule has 2 nitrogen and oxygen atoms in total. The summed E-state index contributed by atoms with van der Waals surface area (Å²) in [6.07, 6.45) is 3.56. The molecule has 1 aliphatic heterocycles. The molecule has 0 radical (unpaired) electrons. The van der Waals surface area contributed by atoms with Crippen LogP contribution in [0.25, 0.3) is 0 Å². The molecule has 3 rings (SSSR count). The van der Waals surface area contributed by atoms with E-state index < -0.39 is 0 Å². The second-order valence-corrected chi connectivity index (χ2v) is 5.65. The predicted octanol–water partition coefficient (Wildman–Crippen LogP) is 2.93. The maximum atomic E-state index is 6.32. The normalized spacial score (nSPS) is 32.5. The van der Waals surface area contributed by atoms with E-state index in [2.05, 4.69) is 25.1 Å². The first-order chi connectivity index (χ1) is 8.25. The van der Waals surface area contributed by atoms with Crippen molar-refractivity contribution in [3.05, 3.63) is 29.8 Å². The summed E-state index contributed by atoms with van der Waals surface area (Å²) in [6.45, 7) is 3.15. The van der Waals surface area contributed by atoms with Crippen LogP contribution >= 0.6 is 0 Å². The van der Waals surface area contributed by atoms with Crippen molar-refractivity contribution in [1.82, 2.24) is 0 Å². The lowest BCUT2D eigenvalue weighted by Gasteiger charge is -2.28. The fraction of sp³-hybridized carbons (Fsp3) is 0.600. The molecule has 17 heavy (non-hydrogen) atoms. The molecule has 0 spiro atoms. The Morgan fingerprint density at radius 2 is 2.18 bits per heavy atom. The number of benzene rings is 1. The Hall–Kier alpha value is -1.02. The lowest BCUT2D eigenvalue weighted by atomic mass is 9.86. The van der Waals surface area contributed by atoms with Gasteiger partial charge in [-0.3, -0.25) is 0 Å². The van der Waals surface area contributed by atoms with Gasteiger partial charge < -0.3 is 10.5 Å². The maximum Gasteiger partial charge on any atom is 0.122 e. The molecule has 0 bridgehead atoms. The zero-order valence-electron chi connectivity index (χ0n) is 10.4. The number of para-hydroxylation sites is 1. The molecule has 0 amide bonds. The zero-order valence-corrected chi connectivity index (χ0v) is 10.4. The van der Waals surface area contributed by atoms with Crippen LogP contribution < -0.4 is 10.5 Å². The minimum atomic E-state index is 0.376. The number of nitrogens with two attached hydrogens (primary N) is 1. The molecule has 0 saturated heterocycles. The Morgan fingerprint density at radius 1 is 1.41 bits per heavy atom. The van der Waals surface area contributed by atoms with Crippen molar-refractivity contribution >= 4 is 0 Å². The molecule has 1 aromatic carbocycles. The van der Waals surface area contributed by atoms with Gasteiger partial charge in [-0.1, -0.05) is 25.1 Å². The maximum absolute atomic E-state index is 6.32. The second-order valence-electron chi connectivity index (χ2n) is 5.65. The van der Waals surface area contributed by atoms with Crippen LogP contribution in [0.5, 0.6) is 5.75 Å². The quantitative estimate of drug-likeness (QED) is 0.868. The van der Waals surface area contributed by atoms with Crippen molar-refractivity contribution in [3.63, 3.8) is 0 Å². The molecule has 92 valence electrons. The highest BCUT2D eigenvalue weighted by Gasteiger charge is 2.39. The molecule has 2 aliphatic rings. The van der Waals surface area contributed by atoms with Crippen molar-refractivity contribution in [2.24, 2.45) is 17.6 Å². The van der Waals surface area contributed by atoms with E-state index in [-0.39, 0.29) is 0 Å². The molecule has 2 heteroatoms. The number of hydrogen-bond acceptors (Lipinski definition) is 2. The van der Waals surface area contributed by atoms with Crippen molar-refractivity contribution < 1.29 is 4.74 Å². The summed E-state index contributed by atoms with van der Waals surface area (Å²) in [7, 11) is 0. The van der Waals surface area contributed by atoms with E-state index in [9.17, 15) is 0 Å². The molecule has 1 aliphatic carbocycles. The number of rotatable bonds is 3. The Morgan fingerprint density at radius 3 is 2.94 bits per heavy atom. The van der Waals surface area contributed by atoms with E-state index >= 15 is 0 Å². The van der Waals surface area contributed by atoms with Gasteiger partial charge in [-0.2, -0.15) is 0 Å². The summed E-state index contributed by atoms with van der Waals surface area (Å²) in [6, 6.07) is 8.80. The summed E-state index contributed by atoms with van der Waals surface area (Å²) < 4.78 is 5.69. The number of fused-ring (bicyclic) bond motifs is 1. The third-order valence-electron chi connectivity index (χ3n) is 4.36. The minimum absolute atomic E-state index is 0.376. The van der Waals surface area contributed by atoms with Crippen LogP contribution in [0.3, 0.4) is 0 Å². The lowest BCUT2D eigenvalue weighted by molar-refractivity contribution is 0.256. The van der Waals surface area contributed by atoms with E-state index in [1.807, 2.05) is 6.07 Å². The molecule has 2 N–H and O–H groups in total. The van der Waals surface area contributed by atoms with Crippen molar-refractivity contribution in [3.8, 4) is 5.75 Å². The van der Waals surface area contributed by atoms with Gasteiger partial charge in [0.15, 0.2) is 0 Å². The van der Waals surface area contributed by atoms with Gasteiger partial charge in [0.05, 0.1) is 6.61 Å². The van der Waals surface area contributed by atoms with Crippen molar-refractivity contribution in [1.29, 1.82) is 0 Å². The summed E-state index contributed by atoms with van der Waals surface area (Å²) in [5.74, 6) is 3.28. The predicted molar refractivity (Wildman–Crippen MR) is 69.2 cm³/mol. The van der Waals surface area contributed by atoms with Crippen LogP contribution in [-0.4, -0.2) is 12.6 Å². The van der Waals surface area contributed by atoms with Crippen molar-refractivity contribution in [2.45, 2.75) is 38.1 Å².